The summed E-state index contributed by atoms with van der Waals surface area (Å²) in [4.78, 5) is 28.6. The molecule has 0 fully saturated rings. The van der Waals surface area contributed by atoms with E-state index in [1.165, 1.54) is 13.0 Å². The van der Waals surface area contributed by atoms with Crippen LogP contribution in [-0.4, -0.2) is 21.4 Å². The molecule has 0 aliphatic heterocycles. The molecule has 0 radical (unpaired) electrons. The van der Waals surface area contributed by atoms with Crippen LogP contribution in [0, 0.1) is 13.8 Å². The minimum absolute atomic E-state index is 0.131. The van der Waals surface area contributed by atoms with E-state index in [1.54, 1.807) is 12.1 Å². The van der Waals surface area contributed by atoms with Gasteiger partial charge >= 0.3 is 0 Å². The molecule has 5 rings (SSSR count). The molecule has 2 amide bonds. The van der Waals surface area contributed by atoms with E-state index in [1.807, 2.05) is 91.3 Å². The highest BCUT2D eigenvalue weighted by Gasteiger charge is 2.16. The van der Waals surface area contributed by atoms with Gasteiger partial charge in [-0.25, -0.2) is 4.98 Å². The average molecular weight is 614 g/mol. The molecule has 0 saturated heterocycles. The van der Waals surface area contributed by atoms with Crippen LogP contribution in [0.15, 0.2) is 85.1 Å². The molecule has 2 aromatic heterocycles. The van der Waals surface area contributed by atoms with Crippen molar-refractivity contribution in [2.75, 3.05) is 5.32 Å². The van der Waals surface area contributed by atoms with Gasteiger partial charge in [-0.3, -0.25) is 9.59 Å². The third kappa shape index (κ3) is 7.08. The van der Waals surface area contributed by atoms with Gasteiger partial charge in [0.1, 0.15) is 17.9 Å². The van der Waals surface area contributed by atoms with E-state index in [4.69, 9.17) is 27.9 Å². The van der Waals surface area contributed by atoms with E-state index < -0.39 is 0 Å². The van der Waals surface area contributed by atoms with Gasteiger partial charge in [0, 0.05) is 52.2 Å². The van der Waals surface area contributed by atoms with Crippen LogP contribution >= 0.6 is 23.2 Å². The van der Waals surface area contributed by atoms with Crippen LogP contribution in [0.4, 0.5) is 5.69 Å². The Bertz CT molecular complexity index is 1860. The summed E-state index contributed by atoms with van der Waals surface area (Å²) in [6.07, 6.45) is 5.09. The lowest BCUT2D eigenvalue weighted by Crippen LogP contribution is -2.21. The lowest BCUT2D eigenvalue weighted by atomic mass is 10.1. The van der Waals surface area contributed by atoms with Crippen LogP contribution in [0.3, 0.4) is 0 Å². The van der Waals surface area contributed by atoms with Crippen molar-refractivity contribution in [1.29, 1.82) is 0 Å². The Morgan fingerprint density at radius 3 is 2.63 bits per heavy atom. The summed E-state index contributed by atoms with van der Waals surface area (Å²) < 4.78 is 8.09. The molecule has 0 spiro atoms. The highest BCUT2D eigenvalue weighted by Crippen LogP contribution is 2.33. The van der Waals surface area contributed by atoms with Gasteiger partial charge in [-0.15, -0.1) is 0 Å². The molecule has 9 heteroatoms. The second-order valence-corrected chi connectivity index (χ2v) is 10.9. The maximum absolute atomic E-state index is 12.6. The molecule has 0 aliphatic carbocycles. The molecule has 2 N–H and O–H groups in total. The van der Waals surface area contributed by atoms with E-state index in [-0.39, 0.29) is 25.0 Å². The molecule has 43 heavy (non-hydrogen) atoms. The molecule has 7 nitrogen and oxygen atoms in total. The fraction of sp³-hybridized carbons (Fsp3) is 0.147. The second kappa shape index (κ2) is 13.2. The molecule has 5 aromatic rings. The summed E-state index contributed by atoms with van der Waals surface area (Å²) in [5.74, 6) is 0.273. The maximum atomic E-state index is 12.6. The van der Waals surface area contributed by atoms with Crippen LogP contribution in [-0.2, 0) is 22.7 Å². The number of rotatable bonds is 9. The Labute approximate surface area is 260 Å². The number of fused-ring (bicyclic) bond motifs is 1. The number of hydrogen-bond donors (Lipinski definition) is 2. The van der Waals surface area contributed by atoms with Crippen molar-refractivity contribution in [3.63, 3.8) is 0 Å². The van der Waals surface area contributed by atoms with E-state index in [2.05, 4.69) is 15.6 Å². The summed E-state index contributed by atoms with van der Waals surface area (Å²) in [6.45, 7) is 5.74. The van der Waals surface area contributed by atoms with Gasteiger partial charge in [0.25, 0.3) is 0 Å². The van der Waals surface area contributed by atoms with Crippen LogP contribution in [0.5, 0.6) is 5.75 Å². The van der Waals surface area contributed by atoms with Crippen molar-refractivity contribution in [2.45, 2.75) is 33.9 Å². The van der Waals surface area contributed by atoms with E-state index in [0.29, 0.717) is 21.4 Å². The molecule has 0 unspecified atom stereocenters. The molecule has 0 atom stereocenters. The first-order valence-electron chi connectivity index (χ1n) is 13.7. The van der Waals surface area contributed by atoms with Crippen LogP contribution in [0.2, 0.25) is 10.0 Å². The molecule has 0 bridgehead atoms. The third-order valence-electron chi connectivity index (χ3n) is 6.88. The largest absolute Gasteiger partial charge is 0.487 e. The summed E-state index contributed by atoms with van der Waals surface area (Å²) >= 11 is 13.5. The number of para-hydroxylation sites is 1. The standard InChI is InChI=1S/C34H30Cl2N4O3/c1-21-18-24(10-14-29(21)39-23(3)41)11-16-32(42)37-19-26-7-5-17-40(26)30-15-13-28(35)27(33(30)36)20-43-31-8-4-6-25-12-9-22(2)38-34(25)31/h4-18H,19-20H2,1-3H3,(H,37,42)(H,39,41). The number of ether oxygens (including phenoxy) is 1. The summed E-state index contributed by atoms with van der Waals surface area (Å²) in [7, 11) is 0. The predicted molar refractivity (Wildman–Crippen MR) is 173 cm³/mol. The lowest BCUT2D eigenvalue weighted by molar-refractivity contribution is -0.116. The van der Waals surface area contributed by atoms with Crippen LogP contribution < -0.4 is 15.4 Å². The number of aryl methyl sites for hydroxylation is 2. The lowest BCUT2D eigenvalue weighted by Gasteiger charge is -2.16. The van der Waals surface area contributed by atoms with Crippen molar-refractivity contribution >= 4 is 57.7 Å². The average Bonchev–Trinajstić information content (AvgIpc) is 3.44. The van der Waals surface area contributed by atoms with Crippen molar-refractivity contribution in [3.8, 4) is 11.4 Å². The summed E-state index contributed by atoms with van der Waals surface area (Å²) in [5, 5.41) is 7.64. The molecule has 218 valence electrons. The Morgan fingerprint density at radius 2 is 1.84 bits per heavy atom. The molecule has 0 aliphatic rings. The summed E-state index contributed by atoms with van der Waals surface area (Å²) in [5.41, 5.74) is 6.38. The smallest absolute Gasteiger partial charge is 0.244 e. The minimum atomic E-state index is -0.244. The number of hydrogen-bond acceptors (Lipinski definition) is 4. The zero-order valence-corrected chi connectivity index (χ0v) is 25.5. The number of amides is 2. The zero-order chi connectivity index (χ0) is 30.5. The fourth-order valence-electron chi connectivity index (χ4n) is 4.71. The Balaban J connectivity index is 1.28. The number of halogens is 2. The van der Waals surface area contributed by atoms with E-state index in [0.717, 1.165) is 44.8 Å². The van der Waals surface area contributed by atoms with Gasteiger partial charge in [0.05, 0.1) is 17.3 Å². The zero-order valence-electron chi connectivity index (χ0n) is 23.9. The fourth-order valence-corrected chi connectivity index (χ4v) is 5.28. The SMILES string of the molecule is CC(=O)Nc1ccc(C=CC(=O)NCc2cccn2-c2ccc(Cl)c(COc3cccc4ccc(C)nc34)c2Cl)cc1C. The second-order valence-electron chi connectivity index (χ2n) is 10.1. The number of pyridine rings is 1. The van der Waals surface area contributed by atoms with Gasteiger partial charge in [-0.2, -0.15) is 0 Å². The first-order chi connectivity index (χ1) is 20.7. The normalized spacial score (nSPS) is 11.2. The molecular weight excluding hydrogens is 583 g/mol. The van der Waals surface area contributed by atoms with Crippen molar-refractivity contribution in [1.82, 2.24) is 14.9 Å². The number of aromatic nitrogens is 2. The number of nitrogens with one attached hydrogen (secondary N) is 2. The Morgan fingerprint density at radius 1 is 1.00 bits per heavy atom. The predicted octanol–water partition coefficient (Wildman–Crippen LogP) is 7.82. The van der Waals surface area contributed by atoms with E-state index in [9.17, 15) is 9.59 Å². The Hall–Kier alpha value is -4.59. The quantitative estimate of drug-likeness (QED) is 0.166. The molecular formula is C34H30Cl2N4O3. The van der Waals surface area contributed by atoms with Crippen molar-refractivity contribution in [2.24, 2.45) is 0 Å². The monoisotopic (exact) mass is 612 g/mol. The van der Waals surface area contributed by atoms with Crippen molar-refractivity contribution in [3.05, 3.63) is 123 Å². The third-order valence-corrected chi connectivity index (χ3v) is 7.66. The van der Waals surface area contributed by atoms with Gasteiger partial charge in [-0.05, 0) is 79.6 Å². The molecule has 2 heterocycles. The Kier molecular flexibility index (Phi) is 9.14. The highest BCUT2D eigenvalue weighted by atomic mass is 35.5. The number of nitrogens with zero attached hydrogens (tertiary/aromatic N) is 2. The number of benzene rings is 3. The molecule has 3 aromatic carbocycles. The first-order valence-corrected chi connectivity index (χ1v) is 14.4. The highest BCUT2D eigenvalue weighted by molar-refractivity contribution is 6.37. The topological polar surface area (TPSA) is 85.2 Å². The van der Waals surface area contributed by atoms with Crippen LogP contribution in [0.1, 0.15) is 35.0 Å². The van der Waals surface area contributed by atoms with Gasteiger partial charge < -0.3 is 19.9 Å². The number of anilines is 1. The number of carbonyl (C=O) groups is 2. The number of carbonyl (C=O) groups excluding carboxylic acids is 2. The van der Waals surface area contributed by atoms with Crippen molar-refractivity contribution < 1.29 is 14.3 Å². The first kappa shape index (κ1) is 29.9. The van der Waals surface area contributed by atoms with Gasteiger partial charge in [-0.1, -0.05) is 47.5 Å². The maximum Gasteiger partial charge on any atom is 0.244 e. The van der Waals surface area contributed by atoms with E-state index >= 15 is 0 Å². The van der Waals surface area contributed by atoms with Gasteiger partial charge in [0.15, 0.2) is 0 Å². The molecule has 0 saturated carbocycles. The summed E-state index contributed by atoms with van der Waals surface area (Å²) in [6, 6.07) is 22.8. The minimum Gasteiger partial charge on any atom is -0.487 e. The van der Waals surface area contributed by atoms with Gasteiger partial charge in [0.2, 0.25) is 11.8 Å². The van der Waals surface area contributed by atoms with Crippen LogP contribution in [0.25, 0.3) is 22.7 Å².